The molecule has 0 radical (unpaired) electrons. The van der Waals surface area contributed by atoms with Crippen molar-refractivity contribution in [2.75, 3.05) is 12.8 Å². The van der Waals surface area contributed by atoms with Crippen LogP contribution in [0.4, 0.5) is 5.69 Å². The van der Waals surface area contributed by atoms with Crippen LogP contribution in [0.25, 0.3) is 0 Å². The molecule has 0 saturated carbocycles. The molecule has 5 heteroatoms. The highest BCUT2D eigenvalue weighted by Gasteiger charge is 2.20. The fraction of sp³-hybridized carbons (Fsp3) is 0.462. The van der Waals surface area contributed by atoms with Gasteiger partial charge in [0, 0.05) is 6.07 Å². The maximum atomic E-state index is 12.0. The average Bonchev–Trinajstić information content (AvgIpc) is 2.31. The molecular weight excluding hydrogens is 254 g/mol. The number of nitrogen functional groups attached to an aromatic ring is 1. The van der Waals surface area contributed by atoms with E-state index in [2.05, 4.69) is 0 Å². The summed E-state index contributed by atoms with van der Waals surface area (Å²) >= 11 is 5.90. The Morgan fingerprint density at radius 1 is 1.33 bits per heavy atom. The van der Waals surface area contributed by atoms with E-state index in [1.807, 2.05) is 20.8 Å². The highest BCUT2D eigenvalue weighted by Crippen LogP contribution is 2.29. The molecule has 1 aromatic carbocycles. The first kappa shape index (κ1) is 14.6. The quantitative estimate of drug-likeness (QED) is 0.675. The van der Waals surface area contributed by atoms with Crippen LogP contribution in [-0.4, -0.2) is 19.2 Å². The summed E-state index contributed by atoms with van der Waals surface area (Å²) in [5, 5.41) is 0.306. The average molecular weight is 272 g/mol. The molecule has 1 aromatic rings. The van der Waals surface area contributed by atoms with Gasteiger partial charge in [0.25, 0.3) is 0 Å². The summed E-state index contributed by atoms with van der Waals surface area (Å²) in [7, 11) is 1.46. The lowest BCUT2D eigenvalue weighted by Crippen LogP contribution is -2.20. The molecule has 1 atom stereocenters. The van der Waals surface area contributed by atoms with Crippen LogP contribution in [0.15, 0.2) is 12.1 Å². The molecule has 0 aliphatic carbocycles. The van der Waals surface area contributed by atoms with Gasteiger partial charge in [-0.2, -0.15) is 0 Å². The second-order valence-electron chi connectivity index (χ2n) is 4.43. The van der Waals surface area contributed by atoms with Gasteiger partial charge in [0.15, 0.2) is 0 Å². The molecular formula is C13H18ClNO3. The number of hydrogen-bond donors (Lipinski definition) is 1. The lowest BCUT2D eigenvalue weighted by atomic mass is 10.1. The Labute approximate surface area is 112 Å². The third-order valence-corrected chi connectivity index (χ3v) is 3.10. The zero-order valence-corrected chi connectivity index (χ0v) is 11.7. The predicted molar refractivity (Wildman–Crippen MR) is 72.1 cm³/mol. The maximum Gasteiger partial charge on any atom is 0.342 e. The maximum absolute atomic E-state index is 12.0. The van der Waals surface area contributed by atoms with Gasteiger partial charge >= 0.3 is 5.97 Å². The van der Waals surface area contributed by atoms with Gasteiger partial charge in [0.1, 0.15) is 17.4 Å². The molecule has 0 fully saturated rings. The minimum Gasteiger partial charge on any atom is -0.496 e. The van der Waals surface area contributed by atoms with E-state index in [-0.39, 0.29) is 17.6 Å². The Morgan fingerprint density at radius 2 is 1.94 bits per heavy atom. The summed E-state index contributed by atoms with van der Waals surface area (Å²) in [6.45, 7) is 5.80. The first-order valence-corrected chi connectivity index (χ1v) is 6.08. The van der Waals surface area contributed by atoms with Gasteiger partial charge in [-0.15, -0.1) is 0 Å². The topological polar surface area (TPSA) is 61.5 Å². The van der Waals surface area contributed by atoms with Gasteiger partial charge in [-0.3, -0.25) is 0 Å². The normalized spacial score (nSPS) is 12.3. The Bertz CT molecular complexity index is 446. The summed E-state index contributed by atoms with van der Waals surface area (Å²) in [6, 6.07) is 2.98. The van der Waals surface area contributed by atoms with Crippen molar-refractivity contribution in [3.8, 4) is 5.75 Å². The SMILES string of the molecule is COc1cc(N)c(Cl)cc1C(=O)OC(C)C(C)C. The first-order valence-electron chi connectivity index (χ1n) is 5.70. The number of hydrogen-bond acceptors (Lipinski definition) is 4. The number of anilines is 1. The molecule has 0 saturated heterocycles. The molecule has 1 unspecified atom stereocenters. The van der Waals surface area contributed by atoms with Crippen LogP contribution in [-0.2, 0) is 4.74 Å². The number of rotatable bonds is 4. The summed E-state index contributed by atoms with van der Waals surface area (Å²) in [5.41, 5.74) is 6.30. The molecule has 0 spiro atoms. The van der Waals surface area contributed by atoms with Crippen molar-refractivity contribution < 1.29 is 14.3 Å². The van der Waals surface area contributed by atoms with E-state index in [0.717, 1.165) is 0 Å². The zero-order chi connectivity index (χ0) is 13.9. The van der Waals surface area contributed by atoms with Gasteiger partial charge in [0.05, 0.1) is 17.8 Å². The van der Waals surface area contributed by atoms with Crippen LogP contribution in [0.1, 0.15) is 31.1 Å². The number of esters is 1. The Balaban J connectivity index is 3.01. The lowest BCUT2D eigenvalue weighted by molar-refractivity contribution is 0.0235. The highest BCUT2D eigenvalue weighted by atomic mass is 35.5. The second kappa shape index (κ2) is 5.96. The lowest BCUT2D eigenvalue weighted by Gasteiger charge is -2.18. The second-order valence-corrected chi connectivity index (χ2v) is 4.84. The van der Waals surface area contributed by atoms with Crippen LogP contribution in [0, 0.1) is 5.92 Å². The van der Waals surface area contributed by atoms with Gasteiger partial charge in [-0.1, -0.05) is 25.4 Å². The first-order chi connectivity index (χ1) is 8.36. The number of carbonyl (C=O) groups excluding carboxylic acids is 1. The van der Waals surface area contributed by atoms with E-state index in [1.165, 1.54) is 19.2 Å². The Morgan fingerprint density at radius 3 is 2.44 bits per heavy atom. The monoisotopic (exact) mass is 271 g/mol. The molecule has 4 nitrogen and oxygen atoms in total. The minimum atomic E-state index is -0.463. The number of methoxy groups -OCH3 is 1. The summed E-state index contributed by atoms with van der Waals surface area (Å²) in [4.78, 5) is 12.0. The van der Waals surface area contributed by atoms with Crippen molar-refractivity contribution >= 4 is 23.3 Å². The van der Waals surface area contributed by atoms with Crippen molar-refractivity contribution in [2.24, 2.45) is 5.92 Å². The van der Waals surface area contributed by atoms with Crippen LogP contribution in [0.3, 0.4) is 0 Å². The van der Waals surface area contributed by atoms with E-state index < -0.39 is 5.97 Å². The number of halogens is 1. The number of carbonyl (C=O) groups is 1. The van der Waals surface area contributed by atoms with E-state index >= 15 is 0 Å². The van der Waals surface area contributed by atoms with E-state index in [1.54, 1.807) is 0 Å². The van der Waals surface area contributed by atoms with Crippen molar-refractivity contribution in [3.05, 3.63) is 22.7 Å². The summed E-state index contributed by atoms with van der Waals surface area (Å²) < 4.78 is 10.4. The molecule has 0 amide bonds. The molecule has 100 valence electrons. The van der Waals surface area contributed by atoms with Gasteiger partial charge < -0.3 is 15.2 Å². The molecule has 18 heavy (non-hydrogen) atoms. The zero-order valence-electron chi connectivity index (χ0n) is 11.0. The van der Waals surface area contributed by atoms with Gasteiger partial charge in [0.2, 0.25) is 0 Å². The van der Waals surface area contributed by atoms with Crippen molar-refractivity contribution in [2.45, 2.75) is 26.9 Å². The van der Waals surface area contributed by atoms with Gasteiger partial charge in [-0.05, 0) is 18.9 Å². The molecule has 0 aliphatic heterocycles. The summed E-state index contributed by atoms with van der Waals surface area (Å²) in [6.07, 6.45) is -0.182. The van der Waals surface area contributed by atoms with Crippen LogP contribution in [0.2, 0.25) is 5.02 Å². The van der Waals surface area contributed by atoms with Crippen LogP contribution < -0.4 is 10.5 Å². The van der Waals surface area contributed by atoms with Crippen molar-refractivity contribution in [1.29, 1.82) is 0 Å². The van der Waals surface area contributed by atoms with Crippen LogP contribution in [0.5, 0.6) is 5.75 Å². The smallest absolute Gasteiger partial charge is 0.342 e. The van der Waals surface area contributed by atoms with E-state index in [4.69, 9.17) is 26.8 Å². The fourth-order valence-electron chi connectivity index (χ4n) is 1.27. The third-order valence-electron chi connectivity index (χ3n) is 2.77. The largest absolute Gasteiger partial charge is 0.496 e. The Hall–Kier alpha value is -1.42. The highest BCUT2D eigenvalue weighted by molar-refractivity contribution is 6.33. The van der Waals surface area contributed by atoms with E-state index in [0.29, 0.717) is 16.5 Å². The number of nitrogens with two attached hydrogens (primary N) is 1. The molecule has 0 heterocycles. The molecule has 0 aromatic heterocycles. The van der Waals surface area contributed by atoms with Crippen LogP contribution >= 0.6 is 11.6 Å². The van der Waals surface area contributed by atoms with Gasteiger partial charge in [-0.25, -0.2) is 4.79 Å². The fourth-order valence-corrected chi connectivity index (χ4v) is 1.43. The van der Waals surface area contributed by atoms with Crippen molar-refractivity contribution in [3.63, 3.8) is 0 Å². The van der Waals surface area contributed by atoms with E-state index in [9.17, 15) is 4.79 Å². The Kier molecular flexibility index (Phi) is 4.84. The molecule has 0 bridgehead atoms. The predicted octanol–water partition coefficient (Wildman–Crippen LogP) is 3.13. The van der Waals surface area contributed by atoms with Crippen molar-refractivity contribution in [1.82, 2.24) is 0 Å². The standard InChI is InChI=1S/C13H18ClNO3/c1-7(2)8(3)18-13(16)9-5-10(14)11(15)6-12(9)17-4/h5-8H,15H2,1-4H3. The molecule has 2 N–H and O–H groups in total. The third kappa shape index (κ3) is 3.29. The molecule has 0 aliphatic rings. The number of benzene rings is 1. The molecule has 1 rings (SSSR count). The minimum absolute atomic E-state index is 0.182. The number of ether oxygens (including phenoxy) is 2. The summed E-state index contributed by atoms with van der Waals surface area (Å²) in [5.74, 6) is 0.136.